The number of carbonyl (C=O) groups is 2. The van der Waals surface area contributed by atoms with Crippen molar-refractivity contribution in [2.75, 3.05) is 0 Å². The summed E-state index contributed by atoms with van der Waals surface area (Å²) in [5.41, 5.74) is 1.80. The molecular formula is C22H18O5. The summed E-state index contributed by atoms with van der Waals surface area (Å²) in [6.07, 6.45) is 0. The van der Waals surface area contributed by atoms with E-state index in [1.807, 2.05) is 60.7 Å². The molecule has 0 aliphatic carbocycles. The van der Waals surface area contributed by atoms with Gasteiger partial charge >= 0.3 is 5.97 Å². The van der Waals surface area contributed by atoms with Gasteiger partial charge in [0.05, 0.1) is 5.56 Å². The van der Waals surface area contributed by atoms with Crippen LogP contribution in [0.5, 0.6) is 11.5 Å². The van der Waals surface area contributed by atoms with Gasteiger partial charge in [-0.25, -0.2) is 4.79 Å². The van der Waals surface area contributed by atoms with Crippen LogP contribution in [-0.4, -0.2) is 16.9 Å². The number of hydrogen-bond donors (Lipinski definition) is 1. The Morgan fingerprint density at radius 2 is 1.26 bits per heavy atom. The molecule has 1 N–H and O–H groups in total. The maximum Gasteiger partial charge on any atom is 0.377 e. The molecule has 0 amide bonds. The van der Waals surface area contributed by atoms with Crippen LogP contribution in [0.15, 0.2) is 78.9 Å². The molecule has 3 rings (SSSR count). The highest BCUT2D eigenvalue weighted by Crippen LogP contribution is 2.33. The first-order chi connectivity index (χ1) is 13.1. The number of Topliss-reactive ketones (excluding diaryl/α,β-unsaturated/α-hetero) is 1. The number of rotatable bonds is 8. The number of benzene rings is 3. The first-order valence-corrected chi connectivity index (χ1v) is 8.39. The van der Waals surface area contributed by atoms with Gasteiger partial charge < -0.3 is 14.6 Å². The Balaban J connectivity index is 1.87. The Bertz CT molecular complexity index is 920. The topological polar surface area (TPSA) is 72.8 Å². The molecule has 3 aromatic carbocycles. The largest absolute Gasteiger partial charge is 0.485 e. The fourth-order valence-electron chi connectivity index (χ4n) is 2.54. The van der Waals surface area contributed by atoms with Gasteiger partial charge in [-0.3, -0.25) is 4.79 Å². The van der Waals surface area contributed by atoms with E-state index in [0.717, 1.165) is 11.1 Å². The van der Waals surface area contributed by atoms with Gasteiger partial charge in [-0.15, -0.1) is 0 Å². The van der Waals surface area contributed by atoms with Crippen LogP contribution in [0.2, 0.25) is 0 Å². The molecule has 0 atom stereocenters. The molecule has 27 heavy (non-hydrogen) atoms. The molecule has 0 saturated heterocycles. The fraction of sp³-hybridized carbons (Fsp3) is 0.0909. The summed E-state index contributed by atoms with van der Waals surface area (Å²) in [4.78, 5) is 23.2. The van der Waals surface area contributed by atoms with Crippen LogP contribution >= 0.6 is 0 Å². The van der Waals surface area contributed by atoms with E-state index < -0.39 is 11.8 Å². The maximum atomic E-state index is 12.1. The number of ketones is 1. The lowest BCUT2D eigenvalue weighted by molar-refractivity contribution is -0.131. The highest BCUT2D eigenvalue weighted by atomic mass is 16.5. The Morgan fingerprint density at radius 1 is 0.704 bits per heavy atom. The summed E-state index contributed by atoms with van der Waals surface area (Å²) < 4.78 is 11.6. The zero-order valence-corrected chi connectivity index (χ0v) is 14.5. The van der Waals surface area contributed by atoms with Crippen LogP contribution in [0.4, 0.5) is 0 Å². The van der Waals surface area contributed by atoms with Crippen molar-refractivity contribution in [2.24, 2.45) is 0 Å². The van der Waals surface area contributed by atoms with Crippen molar-refractivity contribution in [1.29, 1.82) is 0 Å². The third kappa shape index (κ3) is 4.73. The van der Waals surface area contributed by atoms with E-state index in [1.165, 1.54) is 6.07 Å². The standard InChI is InChI=1S/C22H18O5/c23-20(22(24)25)18-12-7-13-19(26-14-16-8-3-1-4-9-16)21(18)27-15-17-10-5-2-6-11-17/h1-13H,14-15H2,(H,24,25). The van der Waals surface area contributed by atoms with Gasteiger partial charge in [0.15, 0.2) is 11.5 Å². The first-order valence-electron chi connectivity index (χ1n) is 8.39. The minimum absolute atomic E-state index is 0.0380. The van der Waals surface area contributed by atoms with Crippen LogP contribution in [0.25, 0.3) is 0 Å². The SMILES string of the molecule is O=C(O)C(=O)c1cccc(OCc2ccccc2)c1OCc1ccccc1. The van der Waals surface area contributed by atoms with Gasteiger partial charge in [-0.2, -0.15) is 0 Å². The van der Waals surface area contributed by atoms with Gasteiger partial charge in [-0.1, -0.05) is 66.7 Å². The summed E-state index contributed by atoms with van der Waals surface area (Å²) in [5.74, 6) is -2.13. The van der Waals surface area contributed by atoms with Crippen molar-refractivity contribution in [1.82, 2.24) is 0 Å². The molecule has 0 aromatic heterocycles. The molecule has 0 unspecified atom stereocenters. The van der Waals surface area contributed by atoms with Gasteiger partial charge in [0, 0.05) is 0 Å². The molecule has 0 aliphatic heterocycles. The lowest BCUT2D eigenvalue weighted by Gasteiger charge is -2.15. The number of aliphatic carboxylic acids is 1. The molecule has 136 valence electrons. The number of ether oxygens (including phenoxy) is 2. The Morgan fingerprint density at radius 3 is 1.81 bits per heavy atom. The molecular weight excluding hydrogens is 344 g/mol. The number of carboxylic acids is 1. The van der Waals surface area contributed by atoms with E-state index >= 15 is 0 Å². The zero-order chi connectivity index (χ0) is 19.1. The molecule has 0 fully saturated rings. The quantitative estimate of drug-likeness (QED) is 0.482. The molecule has 3 aromatic rings. The monoisotopic (exact) mass is 362 g/mol. The predicted octanol–water partition coefficient (Wildman–Crippen LogP) is 4.11. The van der Waals surface area contributed by atoms with E-state index in [9.17, 15) is 9.59 Å². The van der Waals surface area contributed by atoms with Crippen LogP contribution in [0, 0.1) is 0 Å². The van der Waals surface area contributed by atoms with Gasteiger partial charge in [0.1, 0.15) is 13.2 Å². The fourth-order valence-corrected chi connectivity index (χ4v) is 2.54. The average Bonchev–Trinajstić information content (AvgIpc) is 2.71. The molecule has 0 bridgehead atoms. The number of hydrogen-bond acceptors (Lipinski definition) is 4. The minimum Gasteiger partial charge on any atom is -0.485 e. The van der Waals surface area contributed by atoms with E-state index in [1.54, 1.807) is 12.1 Å². The molecule has 0 radical (unpaired) electrons. The molecule has 0 heterocycles. The number of para-hydroxylation sites is 1. The van der Waals surface area contributed by atoms with Crippen molar-refractivity contribution in [3.63, 3.8) is 0 Å². The second kappa shape index (κ2) is 8.67. The Labute approximate surface area is 156 Å². The van der Waals surface area contributed by atoms with Gasteiger partial charge in [0.2, 0.25) is 0 Å². The second-order valence-electron chi connectivity index (χ2n) is 5.82. The summed E-state index contributed by atoms with van der Waals surface area (Å²) in [5, 5.41) is 9.10. The summed E-state index contributed by atoms with van der Waals surface area (Å²) in [6.45, 7) is 0.458. The lowest BCUT2D eigenvalue weighted by Crippen LogP contribution is -2.15. The first kappa shape index (κ1) is 18.2. The summed E-state index contributed by atoms with van der Waals surface area (Å²) >= 11 is 0. The van der Waals surface area contributed by atoms with Gasteiger partial charge in [0.25, 0.3) is 5.78 Å². The number of carbonyl (C=O) groups excluding carboxylic acids is 1. The van der Waals surface area contributed by atoms with Crippen molar-refractivity contribution in [2.45, 2.75) is 13.2 Å². The van der Waals surface area contributed by atoms with Crippen LogP contribution in [0.3, 0.4) is 0 Å². The van der Waals surface area contributed by atoms with Crippen LogP contribution in [0.1, 0.15) is 21.5 Å². The number of carboxylic acid groups (broad SMARTS) is 1. The smallest absolute Gasteiger partial charge is 0.377 e. The third-order valence-corrected chi connectivity index (χ3v) is 3.88. The van der Waals surface area contributed by atoms with Crippen molar-refractivity contribution in [3.05, 3.63) is 95.6 Å². The van der Waals surface area contributed by atoms with Crippen LogP contribution in [-0.2, 0) is 18.0 Å². The molecule has 0 aliphatic rings. The minimum atomic E-state index is -1.54. The van der Waals surface area contributed by atoms with Crippen molar-refractivity contribution >= 4 is 11.8 Å². The third-order valence-electron chi connectivity index (χ3n) is 3.88. The van der Waals surface area contributed by atoms with E-state index in [0.29, 0.717) is 5.75 Å². The van der Waals surface area contributed by atoms with Gasteiger partial charge in [-0.05, 0) is 23.3 Å². The molecule has 0 spiro atoms. The Hall–Kier alpha value is -3.60. The predicted molar refractivity (Wildman–Crippen MR) is 100.0 cm³/mol. The average molecular weight is 362 g/mol. The second-order valence-corrected chi connectivity index (χ2v) is 5.82. The molecule has 5 heteroatoms. The highest BCUT2D eigenvalue weighted by Gasteiger charge is 2.23. The van der Waals surface area contributed by atoms with E-state index in [2.05, 4.69) is 0 Å². The van der Waals surface area contributed by atoms with E-state index in [4.69, 9.17) is 14.6 Å². The van der Waals surface area contributed by atoms with Crippen LogP contribution < -0.4 is 9.47 Å². The maximum absolute atomic E-state index is 12.1. The molecule has 0 saturated carbocycles. The normalized spacial score (nSPS) is 10.2. The zero-order valence-electron chi connectivity index (χ0n) is 14.5. The Kier molecular flexibility index (Phi) is 5.84. The van der Waals surface area contributed by atoms with Crippen molar-refractivity contribution in [3.8, 4) is 11.5 Å². The molecule has 5 nitrogen and oxygen atoms in total. The van der Waals surface area contributed by atoms with Crippen molar-refractivity contribution < 1.29 is 24.2 Å². The van der Waals surface area contributed by atoms with E-state index in [-0.39, 0.29) is 24.5 Å². The summed E-state index contributed by atoms with van der Waals surface area (Å²) in [6, 6.07) is 23.6. The summed E-state index contributed by atoms with van der Waals surface area (Å²) in [7, 11) is 0. The highest BCUT2D eigenvalue weighted by molar-refractivity contribution is 6.40. The lowest BCUT2D eigenvalue weighted by atomic mass is 10.1.